The molecule has 0 fully saturated rings. The van der Waals surface area contributed by atoms with E-state index in [2.05, 4.69) is 22.0 Å². The highest BCUT2D eigenvalue weighted by atomic mass is 79.9. The second kappa shape index (κ2) is 4.77. The highest BCUT2D eigenvalue weighted by molar-refractivity contribution is 9.10. The molecule has 17 heavy (non-hydrogen) atoms. The smallest absolute Gasteiger partial charge is 0.105 e. The number of benzene rings is 1. The number of furan rings is 1. The van der Waals surface area contributed by atoms with Gasteiger partial charge in [0.1, 0.15) is 5.76 Å². The molecule has 0 aliphatic carbocycles. The Bertz CT molecular complexity index is 524. The van der Waals surface area contributed by atoms with Crippen molar-refractivity contribution in [1.82, 2.24) is 0 Å². The second-order valence-corrected chi connectivity index (χ2v) is 5.12. The normalized spacial score (nSPS) is 13.9. The molecule has 0 aliphatic rings. The van der Waals surface area contributed by atoms with Crippen molar-refractivity contribution >= 4 is 15.9 Å². The number of hydrogen-bond donors (Lipinski definition) is 0. The molecule has 0 saturated heterocycles. The molecule has 2 nitrogen and oxygen atoms in total. The van der Waals surface area contributed by atoms with Gasteiger partial charge in [-0.05, 0) is 36.8 Å². The summed E-state index contributed by atoms with van der Waals surface area (Å²) in [5, 5.41) is 9.40. The van der Waals surface area contributed by atoms with E-state index in [9.17, 15) is 5.26 Å². The predicted molar refractivity (Wildman–Crippen MR) is 69.5 cm³/mol. The average molecular weight is 290 g/mol. The third kappa shape index (κ3) is 2.59. The lowest BCUT2D eigenvalue weighted by Gasteiger charge is -2.20. The van der Waals surface area contributed by atoms with Gasteiger partial charge >= 0.3 is 0 Å². The Morgan fingerprint density at radius 1 is 1.29 bits per heavy atom. The van der Waals surface area contributed by atoms with Gasteiger partial charge in [0.05, 0.1) is 17.7 Å². The van der Waals surface area contributed by atoms with Crippen LogP contribution in [-0.4, -0.2) is 0 Å². The summed E-state index contributed by atoms with van der Waals surface area (Å²) in [6.45, 7) is 1.93. The number of halogens is 1. The van der Waals surface area contributed by atoms with Gasteiger partial charge in [-0.1, -0.05) is 28.1 Å². The van der Waals surface area contributed by atoms with E-state index in [0.29, 0.717) is 6.42 Å². The summed E-state index contributed by atoms with van der Waals surface area (Å²) in [6, 6.07) is 14.0. The molecule has 86 valence electrons. The fraction of sp³-hybridized carbons (Fsp3) is 0.214. The first-order valence-corrected chi connectivity index (χ1v) is 6.13. The van der Waals surface area contributed by atoms with Crippen LogP contribution in [0.25, 0.3) is 0 Å². The van der Waals surface area contributed by atoms with E-state index in [4.69, 9.17) is 4.42 Å². The molecule has 2 aromatic rings. The summed E-state index contributed by atoms with van der Waals surface area (Å²) in [7, 11) is 0. The molecule has 0 saturated carbocycles. The molecule has 0 N–H and O–H groups in total. The Hall–Kier alpha value is -1.53. The van der Waals surface area contributed by atoms with Gasteiger partial charge in [-0.2, -0.15) is 5.26 Å². The standard InChI is InChI=1S/C14H12BrNO/c1-14(10-16,9-13-3-2-8-17-13)11-4-6-12(15)7-5-11/h2-8H,9H2,1H3. The van der Waals surface area contributed by atoms with Crippen molar-refractivity contribution in [3.05, 3.63) is 58.5 Å². The summed E-state index contributed by atoms with van der Waals surface area (Å²) in [4.78, 5) is 0. The average Bonchev–Trinajstić information content (AvgIpc) is 2.82. The van der Waals surface area contributed by atoms with Crippen molar-refractivity contribution in [2.24, 2.45) is 0 Å². The molecule has 0 amide bonds. The SMILES string of the molecule is CC(C#N)(Cc1ccco1)c1ccc(Br)cc1. The van der Waals surface area contributed by atoms with Crippen LogP contribution in [0.5, 0.6) is 0 Å². The van der Waals surface area contributed by atoms with Crippen LogP contribution in [0, 0.1) is 11.3 Å². The van der Waals surface area contributed by atoms with Crippen molar-refractivity contribution in [2.75, 3.05) is 0 Å². The summed E-state index contributed by atoms with van der Waals surface area (Å²) in [5.41, 5.74) is 0.443. The summed E-state index contributed by atoms with van der Waals surface area (Å²) in [6.07, 6.45) is 2.22. The summed E-state index contributed by atoms with van der Waals surface area (Å²) < 4.78 is 6.33. The number of hydrogen-bond acceptors (Lipinski definition) is 2. The molecule has 1 atom stereocenters. The third-order valence-electron chi connectivity index (χ3n) is 2.84. The van der Waals surface area contributed by atoms with E-state index < -0.39 is 5.41 Å². The molecule has 1 heterocycles. The third-order valence-corrected chi connectivity index (χ3v) is 3.36. The van der Waals surface area contributed by atoms with Crippen LogP contribution in [0.3, 0.4) is 0 Å². The molecule has 1 aromatic carbocycles. The van der Waals surface area contributed by atoms with E-state index in [1.165, 1.54) is 0 Å². The topological polar surface area (TPSA) is 36.9 Å². The largest absolute Gasteiger partial charge is 0.469 e. The van der Waals surface area contributed by atoms with Crippen LogP contribution >= 0.6 is 15.9 Å². The first-order valence-electron chi connectivity index (χ1n) is 5.34. The second-order valence-electron chi connectivity index (χ2n) is 4.21. The van der Waals surface area contributed by atoms with Gasteiger partial charge in [-0.15, -0.1) is 0 Å². The monoisotopic (exact) mass is 289 g/mol. The van der Waals surface area contributed by atoms with Crippen molar-refractivity contribution in [1.29, 1.82) is 5.26 Å². The maximum absolute atomic E-state index is 9.40. The number of rotatable bonds is 3. The van der Waals surface area contributed by atoms with Gasteiger partial charge < -0.3 is 4.42 Å². The van der Waals surface area contributed by atoms with E-state index >= 15 is 0 Å². The molecule has 1 aromatic heterocycles. The van der Waals surface area contributed by atoms with Gasteiger partial charge in [0.25, 0.3) is 0 Å². The number of nitriles is 1. The van der Waals surface area contributed by atoms with Crippen molar-refractivity contribution in [2.45, 2.75) is 18.8 Å². The lowest BCUT2D eigenvalue weighted by Crippen LogP contribution is -2.22. The van der Waals surface area contributed by atoms with Crippen molar-refractivity contribution in [3.63, 3.8) is 0 Å². The molecular formula is C14H12BrNO. The minimum Gasteiger partial charge on any atom is -0.469 e. The summed E-state index contributed by atoms with van der Waals surface area (Å²) >= 11 is 3.39. The molecule has 3 heteroatoms. The van der Waals surface area contributed by atoms with Crippen LogP contribution in [0.1, 0.15) is 18.2 Å². The molecule has 0 spiro atoms. The van der Waals surface area contributed by atoms with Crippen LogP contribution in [0.2, 0.25) is 0 Å². The van der Waals surface area contributed by atoms with Gasteiger partial charge in [0, 0.05) is 10.9 Å². The van der Waals surface area contributed by atoms with Gasteiger partial charge in [-0.25, -0.2) is 0 Å². The van der Waals surface area contributed by atoms with Crippen LogP contribution in [0.15, 0.2) is 51.6 Å². The fourth-order valence-electron chi connectivity index (χ4n) is 1.79. The Morgan fingerprint density at radius 3 is 2.53 bits per heavy atom. The molecule has 0 aliphatic heterocycles. The van der Waals surface area contributed by atoms with Crippen LogP contribution in [0.4, 0.5) is 0 Å². The van der Waals surface area contributed by atoms with Crippen LogP contribution in [-0.2, 0) is 11.8 Å². The zero-order valence-corrected chi connectivity index (χ0v) is 11.1. The zero-order valence-electron chi connectivity index (χ0n) is 9.48. The first-order chi connectivity index (χ1) is 8.14. The van der Waals surface area contributed by atoms with E-state index in [-0.39, 0.29) is 0 Å². The lowest BCUT2D eigenvalue weighted by molar-refractivity contribution is 0.462. The van der Waals surface area contributed by atoms with E-state index in [1.54, 1.807) is 6.26 Å². The first kappa shape index (κ1) is 11.9. The highest BCUT2D eigenvalue weighted by Crippen LogP contribution is 2.28. The lowest BCUT2D eigenvalue weighted by atomic mass is 9.80. The Kier molecular flexibility index (Phi) is 3.35. The Labute approximate surface area is 109 Å². The molecule has 0 bridgehead atoms. The highest BCUT2D eigenvalue weighted by Gasteiger charge is 2.27. The van der Waals surface area contributed by atoms with E-state index in [0.717, 1.165) is 15.8 Å². The maximum atomic E-state index is 9.40. The minimum atomic E-state index is -0.557. The number of nitrogens with zero attached hydrogens (tertiary/aromatic N) is 1. The maximum Gasteiger partial charge on any atom is 0.105 e. The van der Waals surface area contributed by atoms with Crippen molar-refractivity contribution in [3.8, 4) is 6.07 Å². The Balaban J connectivity index is 2.31. The van der Waals surface area contributed by atoms with Gasteiger partial charge in [-0.3, -0.25) is 0 Å². The predicted octanol–water partition coefficient (Wildman–Crippen LogP) is 4.07. The van der Waals surface area contributed by atoms with Gasteiger partial charge in [0.2, 0.25) is 0 Å². The van der Waals surface area contributed by atoms with Gasteiger partial charge in [0.15, 0.2) is 0 Å². The van der Waals surface area contributed by atoms with Crippen LogP contribution < -0.4 is 0 Å². The Morgan fingerprint density at radius 2 is 2.00 bits per heavy atom. The molecular weight excluding hydrogens is 278 g/mol. The summed E-state index contributed by atoms with van der Waals surface area (Å²) in [5.74, 6) is 0.831. The van der Waals surface area contributed by atoms with E-state index in [1.807, 2.05) is 43.3 Å². The molecule has 2 rings (SSSR count). The fourth-order valence-corrected chi connectivity index (χ4v) is 2.05. The molecule has 1 unspecified atom stereocenters. The molecule has 0 radical (unpaired) electrons. The van der Waals surface area contributed by atoms with Crippen molar-refractivity contribution < 1.29 is 4.42 Å². The minimum absolute atomic E-state index is 0.557. The quantitative estimate of drug-likeness (QED) is 0.854. The zero-order chi connectivity index (χ0) is 12.3.